The van der Waals surface area contributed by atoms with Crippen molar-refractivity contribution in [2.45, 2.75) is 26.4 Å². The van der Waals surface area contributed by atoms with E-state index in [4.69, 9.17) is 13.3 Å². The van der Waals surface area contributed by atoms with Gasteiger partial charge in [0.25, 0.3) is 0 Å². The molecular weight excluding hydrogens is 448 g/mol. The summed E-state index contributed by atoms with van der Waals surface area (Å²) in [6, 6.07) is 3.47. The molecule has 11 heteroatoms. The van der Waals surface area contributed by atoms with Crippen LogP contribution in [0, 0.1) is 11.8 Å². The smallest absolute Gasteiger partial charge is 0.229 e. The monoisotopic (exact) mass is 477 g/mol. The first-order chi connectivity index (χ1) is 18.1. The summed E-state index contributed by atoms with van der Waals surface area (Å²) < 4.78 is 34.5. The topological polar surface area (TPSA) is 131 Å². The van der Waals surface area contributed by atoms with E-state index in [1.165, 1.54) is 6.20 Å². The summed E-state index contributed by atoms with van der Waals surface area (Å²) in [6.45, 7) is 3.61. The predicted molar refractivity (Wildman–Crippen MR) is 131 cm³/mol. The van der Waals surface area contributed by atoms with Crippen molar-refractivity contribution in [3.05, 3.63) is 24.5 Å². The van der Waals surface area contributed by atoms with E-state index in [1.54, 1.807) is 12.3 Å². The number of nitrogens with one attached hydrogen (secondary N) is 2. The number of aromatic nitrogens is 5. The molecule has 4 aromatic heterocycles. The largest absolute Gasteiger partial charge is 0.436 e. The fourth-order valence-electron chi connectivity index (χ4n) is 4.40. The van der Waals surface area contributed by atoms with Crippen LogP contribution in [0.25, 0.3) is 33.5 Å². The summed E-state index contributed by atoms with van der Waals surface area (Å²) >= 11 is 0. The molecule has 180 valence electrons. The van der Waals surface area contributed by atoms with Gasteiger partial charge in [-0.05, 0) is 25.3 Å². The zero-order chi connectivity index (χ0) is 26.6. The molecule has 4 aromatic rings. The van der Waals surface area contributed by atoms with Crippen LogP contribution in [0.4, 0.5) is 17.5 Å². The lowest BCUT2D eigenvalue weighted by atomic mass is 10.1. The SMILES string of the molecule is [2H]C([2H])([2H])Nc1ncc(-c2nc3cnc(N4CCO[C@@H](C)C4)cc3o2)c2cc(NC(=O)[C@H]3C[C@H]3C)nnc12. The molecule has 2 fully saturated rings. The van der Waals surface area contributed by atoms with E-state index in [1.807, 2.05) is 19.9 Å². The van der Waals surface area contributed by atoms with Crippen LogP contribution in [0.2, 0.25) is 0 Å². The normalized spacial score (nSPS) is 23.5. The predicted octanol–water partition coefficient (Wildman–Crippen LogP) is 3.09. The van der Waals surface area contributed by atoms with E-state index in [0.717, 1.165) is 25.3 Å². The highest BCUT2D eigenvalue weighted by atomic mass is 16.5. The van der Waals surface area contributed by atoms with Gasteiger partial charge < -0.3 is 24.7 Å². The molecule has 2 N–H and O–H groups in total. The van der Waals surface area contributed by atoms with Crippen LogP contribution in [-0.2, 0) is 9.53 Å². The van der Waals surface area contributed by atoms with Crippen molar-refractivity contribution in [2.24, 2.45) is 11.8 Å². The fourth-order valence-corrected chi connectivity index (χ4v) is 4.40. The number of hydrogen-bond donors (Lipinski definition) is 2. The Morgan fingerprint density at radius 1 is 1.23 bits per heavy atom. The van der Waals surface area contributed by atoms with E-state index >= 15 is 0 Å². The maximum atomic E-state index is 12.5. The minimum absolute atomic E-state index is 0.0337. The number of oxazole rings is 1. The van der Waals surface area contributed by atoms with Crippen molar-refractivity contribution in [1.82, 2.24) is 25.1 Å². The van der Waals surface area contributed by atoms with Gasteiger partial charge >= 0.3 is 0 Å². The second-order valence-corrected chi connectivity index (χ2v) is 9.10. The summed E-state index contributed by atoms with van der Waals surface area (Å²) in [5.41, 5.74) is 1.78. The second-order valence-electron chi connectivity index (χ2n) is 9.10. The maximum Gasteiger partial charge on any atom is 0.229 e. The van der Waals surface area contributed by atoms with Gasteiger partial charge in [0.05, 0.1) is 24.5 Å². The van der Waals surface area contributed by atoms with Crippen LogP contribution >= 0.6 is 0 Å². The highest BCUT2D eigenvalue weighted by Gasteiger charge is 2.39. The first kappa shape index (κ1) is 18.5. The average Bonchev–Trinajstić information content (AvgIpc) is 3.45. The highest BCUT2D eigenvalue weighted by molar-refractivity contribution is 6.01. The van der Waals surface area contributed by atoms with Gasteiger partial charge in [-0.15, -0.1) is 10.2 Å². The summed E-state index contributed by atoms with van der Waals surface area (Å²) in [4.78, 5) is 28.1. The van der Waals surface area contributed by atoms with Gasteiger partial charge in [0.2, 0.25) is 11.8 Å². The van der Waals surface area contributed by atoms with Crippen molar-refractivity contribution >= 4 is 45.4 Å². The third kappa shape index (κ3) is 4.01. The third-order valence-corrected chi connectivity index (χ3v) is 6.50. The summed E-state index contributed by atoms with van der Waals surface area (Å²) in [5, 5.41) is 14.0. The zero-order valence-corrected chi connectivity index (χ0v) is 19.3. The van der Waals surface area contributed by atoms with Gasteiger partial charge in [0, 0.05) is 47.7 Å². The third-order valence-electron chi connectivity index (χ3n) is 6.50. The number of pyridine rings is 2. The molecule has 1 saturated carbocycles. The molecule has 1 saturated heterocycles. The number of amides is 1. The summed E-state index contributed by atoms with van der Waals surface area (Å²) in [7, 11) is 0. The Morgan fingerprint density at radius 2 is 2.11 bits per heavy atom. The Kier molecular flexibility index (Phi) is 4.44. The van der Waals surface area contributed by atoms with Gasteiger partial charge in [-0.3, -0.25) is 4.79 Å². The molecule has 5 heterocycles. The molecule has 0 spiro atoms. The minimum atomic E-state index is -2.49. The zero-order valence-electron chi connectivity index (χ0n) is 22.3. The number of hydrogen-bond acceptors (Lipinski definition) is 10. The first-order valence-electron chi connectivity index (χ1n) is 13.0. The fraction of sp³-hybridized carbons (Fsp3) is 0.417. The van der Waals surface area contributed by atoms with Crippen LogP contribution in [-0.4, -0.2) is 63.8 Å². The molecule has 1 aliphatic heterocycles. The van der Waals surface area contributed by atoms with E-state index in [-0.39, 0.29) is 41.0 Å². The Morgan fingerprint density at radius 3 is 2.91 bits per heavy atom. The van der Waals surface area contributed by atoms with Crippen molar-refractivity contribution in [3.8, 4) is 11.5 Å². The number of anilines is 3. The minimum Gasteiger partial charge on any atom is -0.436 e. The summed E-state index contributed by atoms with van der Waals surface area (Å²) in [6.07, 6.45) is 4.05. The standard InChI is InChI=1S/C24H26N8O3/c1-12-6-14(12)23(33)29-19-7-15-16(9-27-22(25-3)21(15)31-30-19)24-28-17-10-26-20(8-18(17)35-24)32-4-5-34-13(2)11-32/h7-10,12-14H,4-6,11H2,1-3H3,(H,25,27)(H,29,30,33)/t12-,13+,14+/m1/s1/i3D3. The first-order valence-corrected chi connectivity index (χ1v) is 11.5. The number of carbonyl (C=O) groups excluding carboxylic acids is 1. The molecule has 6 rings (SSSR count). The van der Waals surface area contributed by atoms with Gasteiger partial charge in [-0.25, -0.2) is 15.0 Å². The van der Waals surface area contributed by atoms with Crippen LogP contribution < -0.4 is 15.5 Å². The van der Waals surface area contributed by atoms with Crippen LogP contribution in [0.3, 0.4) is 0 Å². The highest BCUT2D eigenvalue weighted by Crippen LogP contribution is 2.39. The number of rotatable bonds is 5. The van der Waals surface area contributed by atoms with Crippen LogP contribution in [0.15, 0.2) is 28.9 Å². The number of carbonyl (C=O) groups is 1. The lowest BCUT2D eigenvalue weighted by Gasteiger charge is -2.31. The van der Waals surface area contributed by atoms with E-state index in [9.17, 15) is 4.79 Å². The molecular formula is C24H26N8O3. The molecule has 0 unspecified atom stereocenters. The van der Waals surface area contributed by atoms with Crippen LogP contribution in [0.5, 0.6) is 0 Å². The van der Waals surface area contributed by atoms with Gasteiger partial charge in [-0.2, -0.15) is 0 Å². The Bertz CT molecular complexity index is 1540. The van der Waals surface area contributed by atoms with Crippen molar-refractivity contribution < 1.29 is 18.1 Å². The molecule has 3 atom stereocenters. The second kappa shape index (κ2) is 8.42. The van der Waals surface area contributed by atoms with E-state index in [0.29, 0.717) is 34.6 Å². The molecule has 1 amide bonds. The Labute approximate surface area is 205 Å². The summed E-state index contributed by atoms with van der Waals surface area (Å²) in [5.74, 6) is 1.46. The number of ether oxygens (including phenoxy) is 1. The Balaban J connectivity index is 1.40. The number of morpholine rings is 1. The van der Waals surface area contributed by atoms with Gasteiger partial charge in [0.1, 0.15) is 16.9 Å². The van der Waals surface area contributed by atoms with Gasteiger partial charge in [0.15, 0.2) is 17.2 Å². The van der Waals surface area contributed by atoms with Crippen LogP contribution in [0.1, 0.15) is 24.4 Å². The Hall–Kier alpha value is -3.86. The quantitative estimate of drug-likeness (QED) is 0.442. The average molecular weight is 478 g/mol. The molecule has 0 radical (unpaired) electrons. The number of nitrogens with zero attached hydrogens (tertiary/aromatic N) is 6. The maximum absolute atomic E-state index is 12.5. The number of fused-ring (bicyclic) bond motifs is 2. The van der Waals surface area contributed by atoms with Crippen molar-refractivity contribution in [2.75, 3.05) is 42.2 Å². The van der Waals surface area contributed by atoms with Crippen molar-refractivity contribution in [3.63, 3.8) is 0 Å². The van der Waals surface area contributed by atoms with E-state index in [2.05, 4.69) is 40.7 Å². The van der Waals surface area contributed by atoms with Crippen molar-refractivity contribution in [1.29, 1.82) is 0 Å². The molecule has 2 aliphatic rings. The molecule has 0 aromatic carbocycles. The molecule has 35 heavy (non-hydrogen) atoms. The van der Waals surface area contributed by atoms with E-state index < -0.39 is 6.98 Å². The van der Waals surface area contributed by atoms with Gasteiger partial charge in [-0.1, -0.05) is 6.92 Å². The molecule has 0 bridgehead atoms. The lowest BCUT2D eigenvalue weighted by Crippen LogP contribution is -2.41. The lowest BCUT2D eigenvalue weighted by molar-refractivity contribution is -0.117. The molecule has 11 nitrogen and oxygen atoms in total. The molecule has 1 aliphatic carbocycles.